The number of carbonyl (C=O) groups is 2. The highest BCUT2D eigenvalue weighted by molar-refractivity contribution is 6.14. The van der Waals surface area contributed by atoms with Crippen molar-refractivity contribution < 1.29 is 14.3 Å². The standard InChI is InChI=1S/C20H25N3O3/c1-20(2,19(25)22-15-8-12-17(26-5)13-9-15)18(24)21-14-6-10-16(11-7-14)23(3)4/h6-13H,1-5H3,(H,21,24)(H,22,25). The third-order valence-corrected chi connectivity index (χ3v) is 4.12. The second kappa shape index (κ2) is 7.91. The fourth-order valence-electron chi connectivity index (χ4n) is 2.20. The van der Waals surface area contributed by atoms with Crippen LogP contribution in [0.25, 0.3) is 0 Å². The van der Waals surface area contributed by atoms with E-state index in [9.17, 15) is 9.59 Å². The zero-order chi connectivity index (χ0) is 19.3. The predicted octanol–water partition coefficient (Wildman–Crippen LogP) is 3.36. The molecule has 0 aliphatic heterocycles. The van der Waals surface area contributed by atoms with E-state index in [0.717, 1.165) is 5.69 Å². The number of benzene rings is 2. The van der Waals surface area contributed by atoms with Crippen LogP contribution in [0.15, 0.2) is 48.5 Å². The molecule has 0 spiro atoms. The summed E-state index contributed by atoms with van der Waals surface area (Å²) in [7, 11) is 5.46. The van der Waals surface area contributed by atoms with E-state index in [4.69, 9.17) is 4.74 Å². The van der Waals surface area contributed by atoms with Gasteiger partial charge in [-0.05, 0) is 62.4 Å². The van der Waals surface area contributed by atoms with Gasteiger partial charge in [0.1, 0.15) is 11.2 Å². The Kier molecular flexibility index (Phi) is 5.87. The fourth-order valence-corrected chi connectivity index (χ4v) is 2.20. The summed E-state index contributed by atoms with van der Waals surface area (Å²) < 4.78 is 5.09. The zero-order valence-corrected chi connectivity index (χ0v) is 15.8. The summed E-state index contributed by atoms with van der Waals surface area (Å²) in [5.74, 6) is -0.0626. The molecule has 26 heavy (non-hydrogen) atoms. The minimum Gasteiger partial charge on any atom is -0.497 e. The largest absolute Gasteiger partial charge is 0.497 e. The van der Waals surface area contributed by atoms with Gasteiger partial charge in [-0.15, -0.1) is 0 Å². The molecule has 0 aromatic heterocycles. The van der Waals surface area contributed by atoms with Crippen molar-refractivity contribution in [1.29, 1.82) is 0 Å². The van der Waals surface area contributed by atoms with Crippen LogP contribution in [-0.4, -0.2) is 33.0 Å². The van der Waals surface area contributed by atoms with E-state index in [1.165, 1.54) is 0 Å². The lowest BCUT2D eigenvalue weighted by Gasteiger charge is -2.23. The van der Waals surface area contributed by atoms with Gasteiger partial charge in [0.15, 0.2) is 0 Å². The molecule has 0 aliphatic rings. The molecule has 2 aromatic carbocycles. The summed E-state index contributed by atoms with van der Waals surface area (Å²) in [4.78, 5) is 27.1. The number of amides is 2. The maximum atomic E-state index is 12.6. The molecule has 2 amide bonds. The quantitative estimate of drug-likeness (QED) is 0.780. The first-order chi connectivity index (χ1) is 12.2. The Balaban J connectivity index is 2.04. The summed E-state index contributed by atoms with van der Waals surface area (Å²) in [5, 5.41) is 5.56. The van der Waals surface area contributed by atoms with Crippen molar-refractivity contribution in [2.24, 2.45) is 5.41 Å². The van der Waals surface area contributed by atoms with E-state index in [1.807, 2.05) is 43.3 Å². The first-order valence-corrected chi connectivity index (χ1v) is 8.28. The van der Waals surface area contributed by atoms with Crippen LogP contribution in [0.2, 0.25) is 0 Å². The maximum absolute atomic E-state index is 12.6. The lowest BCUT2D eigenvalue weighted by molar-refractivity contribution is -0.135. The van der Waals surface area contributed by atoms with Crippen molar-refractivity contribution in [2.75, 3.05) is 36.7 Å². The van der Waals surface area contributed by atoms with Crippen molar-refractivity contribution in [3.05, 3.63) is 48.5 Å². The van der Waals surface area contributed by atoms with Gasteiger partial charge in [0.25, 0.3) is 0 Å². The van der Waals surface area contributed by atoms with Gasteiger partial charge in [0.05, 0.1) is 7.11 Å². The van der Waals surface area contributed by atoms with Crippen LogP contribution in [0.5, 0.6) is 5.75 Å². The minimum absolute atomic E-state index is 0.374. The lowest BCUT2D eigenvalue weighted by atomic mass is 9.90. The molecule has 0 heterocycles. The monoisotopic (exact) mass is 355 g/mol. The maximum Gasteiger partial charge on any atom is 0.239 e. The Hall–Kier alpha value is -3.02. The molecule has 2 aromatic rings. The molecule has 6 heteroatoms. The molecule has 2 N–H and O–H groups in total. The molecule has 0 atom stereocenters. The molecule has 0 unspecified atom stereocenters. The van der Waals surface area contributed by atoms with Crippen molar-refractivity contribution in [3.8, 4) is 5.75 Å². The Labute approximate surface area is 154 Å². The molecule has 6 nitrogen and oxygen atoms in total. The number of hydrogen-bond acceptors (Lipinski definition) is 4. The predicted molar refractivity (Wildman–Crippen MR) is 105 cm³/mol. The van der Waals surface area contributed by atoms with Crippen LogP contribution < -0.4 is 20.3 Å². The Morgan fingerprint density at radius 1 is 0.846 bits per heavy atom. The van der Waals surface area contributed by atoms with E-state index < -0.39 is 5.41 Å². The molecular formula is C20H25N3O3. The molecule has 0 bridgehead atoms. The average Bonchev–Trinajstić information content (AvgIpc) is 2.62. The van der Waals surface area contributed by atoms with E-state index in [2.05, 4.69) is 10.6 Å². The Morgan fingerprint density at radius 2 is 1.27 bits per heavy atom. The molecule has 0 saturated carbocycles. The first kappa shape index (κ1) is 19.3. The molecule has 0 fully saturated rings. The van der Waals surface area contributed by atoms with Gasteiger partial charge in [-0.25, -0.2) is 0 Å². The number of nitrogens with one attached hydrogen (secondary N) is 2. The fraction of sp³-hybridized carbons (Fsp3) is 0.300. The van der Waals surface area contributed by atoms with Gasteiger partial charge in [0.2, 0.25) is 11.8 Å². The lowest BCUT2D eigenvalue weighted by Crippen LogP contribution is -2.41. The summed E-state index contributed by atoms with van der Waals surface area (Å²) in [6, 6.07) is 14.4. The van der Waals surface area contributed by atoms with Crippen molar-refractivity contribution in [2.45, 2.75) is 13.8 Å². The highest BCUT2D eigenvalue weighted by Crippen LogP contribution is 2.23. The van der Waals surface area contributed by atoms with Gasteiger partial charge in [-0.3, -0.25) is 9.59 Å². The van der Waals surface area contributed by atoms with Crippen molar-refractivity contribution >= 4 is 28.9 Å². The Bertz CT molecular complexity index is 766. The Morgan fingerprint density at radius 3 is 1.65 bits per heavy atom. The van der Waals surface area contributed by atoms with Gasteiger partial charge in [0, 0.05) is 31.2 Å². The first-order valence-electron chi connectivity index (χ1n) is 8.28. The van der Waals surface area contributed by atoms with E-state index in [0.29, 0.717) is 17.1 Å². The van der Waals surface area contributed by atoms with Gasteiger partial charge in [-0.1, -0.05) is 0 Å². The normalized spacial score (nSPS) is 10.8. The number of carbonyl (C=O) groups excluding carboxylic acids is 2. The smallest absolute Gasteiger partial charge is 0.239 e. The molecule has 2 rings (SSSR count). The molecule has 0 radical (unpaired) electrons. The zero-order valence-electron chi connectivity index (χ0n) is 15.8. The van der Waals surface area contributed by atoms with Crippen molar-refractivity contribution in [1.82, 2.24) is 0 Å². The number of nitrogens with zero attached hydrogens (tertiary/aromatic N) is 1. The summed E-state index contributed by atoms with van der Waals surface area (Å²) in [6.45, 7) is 3.19. The van der Waals surface area contributed by atoms with E-state index in [1.54, 1.807) is 45.2 Å². The number of ether oxygens (including phenoxy) is 1. The van der Waals surface area contributed by atoms with Crippen molar-refractivity contribution in [3.63, 3.8) is 0 Å². The van der Waals surface area contributed by atoms with Gasteiger partial charge in [-0.2, -0.15) is 0 Å². The van der Waals surface area contributed by atoms with E-state index in [-0.39, 0.29) is 11.8 Å². The number of hydrogen-bond donors (Lipinski definition) is 2. The topological polar surface area (TPSA) is 70.7 Å². The highest BCUT2D eigenvalue weighted by atomic mass is 16.5. The van der Waals surface area contributed by atoms with Gasteiger partial charge >= 0.3 is 0 Å². The number of methoxy groups -OCH3 is 1. The number of rotatable bonds is 6. The second-order valence-electron chi connectivity index (χ2n) is 6.70. The minimum atomic E-state index is -1.24. The third kappa shape index (κ3) is 4.53. The molecular weight excluding hydrogens is 330 g/mol. The summed E-state index contributed by atoms with van der Waals surface area (Å²) in [6.07, 6.45) is 0. The van der Waals surface area contributed by atoms with Crippen LogP contribution >= 0.6 is 0 Å². The van der Waals surface area contributed by atoms with E-state index >= 15 is 0 Å². The van der Waals surface area contributed by atoms with Crippen LogP contribution in [0, 0.1) is 5.41 Å². The van der Waals surface area contributed by atoms with Crippen LogP contribution in [-0.2, 0) is 9.59 Å². The van der Waals surface area contributed by atoms with Crippen LogP contribution in [0.4, 0.5) is 17.1 Å². The summed E-state index contributed by atoms with van der Waals surface area (Å²) >= 11 is 0. The molecule has 0 saturated heterocycles. The van der Waals surface area contributed by atoms with Crippen LogP contribution in [0.3, 0.4) is 0 Å². The number of anilines is 3. The average molecular weight is 355 g/mol. The highest BCUT2D eigenvalue weighted by Gasteiger charge is 2.36. The third-order valence-electron chi connectivity index (χ3n) is 4.12. The SMILES string of the molecule is COc1ccc(NC(=O)C(C)(C)C(=O)Nc2ccc(N(C)C)cc2)cc1. The summed E-state index contributed by atoms with van der Waals surface area (Å²) in [5.41, 5.74) is 1.04. The molecule has 138 valence electrons. The van der Waals surface area contributed by atoms with Crippen LogP contribution in [0.1, 0.15) is 13.8 Å². The molecule has 0 aliphatic carbocycles. The second-order valence-corrected chi connectivity index (χ2v) is 6.70. The van der Waals surface area contributed by atoms with Gasteiger partial charge < -0.3 is 20.3 Å².